The predicted octanol–water partition coefficient (Wildman–Crippen LogP) is 2.62. The van der Waals surface area contributed by atoms with Crippen molar-refractivity contribution in [2.24, 2.45) is 5.41 Å². The highest BCUT2D eigenvalue weighted by atomic mass is 16.3. The Morgan fingerprint density at radius 1 is 1.18 bits per heavy atom. The zero-order chi connectivity index (χ0) is 12.7. The molecule has 1 rings (SSSR count). The maximum absolute atomic E-state index is 9.82. The van der Waals surface area contributed by atoms with E-state index in [1.165, 1.54) is 5.56 Å². The monoisotopic (exact) mass is 235 g/mol. The highest BCUT2D eigenvalue weighted by molar-refractivity contribution is 5.14. The summed E-state index contributed by atoms with van der Waals surface area (Å²) in [6.07, 6.45) is 1.61. The second-order valence-electron chi connectivity index (χ2n) is 5.86. The molecule has 2 N–H and O–H groups in total. The first-order valence-electron chi connectivity index (χ1n) is 6.40. The van der Waals surface area contributed by atoms with Gasteiger partial charge in [0.2, 0.25) is 0 Å². The van der Waals surface area contributed by atoms with Crippen LogP contribution < -0.4 is 5.32 Å². The lowest BCUT2D eigenvalue weighted by molar-refractivity contribution is 0.120. The van der Waals surface area contributed by atoms with Crippen molar-refractivity contribution in [2.75, 3.05) is 13.1 Å². The Morgan fingerprint density at radius 2 is 1.82 bits per heavy atom. The van der Waals surface area contributed by atoms with Crippen LogP contribution in [-0.2, 0) is 6.42 Å². The summed E-state index contributed by atoms with van der Waals surface area (Å²) >= 11 is 0. The van der Waals surface area contributed by atoms with E-state index in [0.29, 0.717) is 6.54 Å². The normalized spacial score (nSPS) is 13.6. The highest BCUT2D eigenvalue weighted by Gasteiger charge is 2.15. The average molecular weight is 235 g/mol. The molecule has 1 unspecified atom stereocenters. The van der Waals surface area contributed by atoms with Gasteiger partial charge in [-0.05, 0) is 30.4 Å². The van der Waals surface area contributed by atoms with Gasteiger partial charge in [-0.3, -0.25) is 0 Å². The molecule has 1 aromatic carbocycles. The van der Waals surface area contributed by atoms with Crippen LogP contribution in [0.2, 0.25) is 0 Å². The van der Waals surface area contributed by atoms with Crippen LogP contribution in [0.1, 0.15) is 32.8 Å². The molecule has 96 valence electrons. The highest BCUT2D eigenvalue weighted by Crippen LogP contribution is 2.20. The van der Waals surface area contributed by atoms with E-state index in [1.807, 2.05) is 6.07 Å². The molecule has 0 saturated heterocycles. The minimum absolute atomic E-state index is 0.195. The van der Waals surface area contributed by atoms with Gasteiger partial charge in [-0.25, -0.2) is 0 Å². The van der Waals surface area contributed by atoms with Crippen LogP contribution in [-0.4, -0.2) is 24.3 Å². The van der Waals surface area contributed by atoms with Gasteiger partial charge in [0.15, 0.2) is 0 Å². The summed E-state index contributed by atoms with van der Waals surface area (Å²) < 4.78 is 0. The van der Waals surface area contributed by atoms with Crippen molar-refractivity contribution < 1.29 is 5.11 Å². The van der Waals surface area contributed by atoms with Crippen molar-refractivity contribution in [3.8, 4) is 0 Å². The summed E-state index contributed by atoms with van der Waals surface area (Å²) in [5.74, 6) is 0. The second-order valence-corrected chi connectivity index (χ2v) is 5.86. The minimum atomic E-state index is -0.245. The van der Waals surface area contributed by atoms with Crippen LogP contribution in [0.3, 0.4) is 0 Å². The lowest BCUT2D eigenvalue weighted by atomic mass is 9.89. The molecule has 0 aliphatic carbocycles. The number of nitrogens with one attached hydrogen (secondary N) is 1. The minimum Gasteiger partial charge on any atom is -0.392 e. The van der Waals surface area contributed by atoms with Crippen molar-refractivity contribution in [2.45, 2.75) is 39.7 Å². The van der Waals surface area contributed by atoms with Gasteiger partial charge in [-0.2, -0.15) is 0 Å². The van der Waals surface area contributed by atoms with Crippen molar-refractivity contribution in [3.63, 3.8) is 0 Å². The number of rotatable bonds is 6. The fourth-order valence-corrected chi connectivity index (χ4v) is 1.93. The number of benzene rings is 1. The lowest BCUT2D eigenvalue weighted by Crippen LogP contribution is -2.31. The van der Waals surface area contributed by atoms with E-state index in [1.54, 1.807) is 0 Å². The first-order valence-corrected chi connectivity index (χ1v) is 6.40. The third-order valence-corrected chi connectivity index (χ3v) is 2.66. The molecule has 0 aliphatic rings. The van der Waals surface area contributed by atoms with Gasteiger partial charge in [-0.1, -0.05) is 51.1 Å². The topological polar surface area (TPSA) is 32.3 Å². The Kier molecular flexibility index (Phi) is 5.66. The summed E-state index contributed by atoms with van der Waals surface area (Å²) in [4.78, 5) is 0. The van der Waals surface area contributed by atoms with Crippen LogP contribution in [0.4, 0.5) is 0 Å². The number of hydrogen-bond acceptors (Lipinski definition) is 2. The maximum atomic E-state index is 9.82. The van der Waals surface area contributed by atoms with Crippen molar-refractivity contribution >= 4 is 0 Å². The zero-order valence-electron chi connectivity index (χ0n) is 11.2. The standard InChI is InChI=1S/C15H25NO/c1-15(2,3)11-14(17)12-16-10-9-13-7-5-4-6-8-13/h4-8,14,16-17H,9-12H2,1-3H3. The second kappa shape index (κ2) is 6.77. The van der Waals surface area contributed by atoms with E-state index in [2.05, 4.69) is 50.4 Å². The van der Waals surface area contributed by atoms with E-state index in [9.17, 15) is 5.11 Å². The quantitative estimate of drug-likeness (QED) is 0.743. The molecule has 0 amide bonds. The van der Waals surface area contributed by atoms with E-state index in [0.717, 1.165) is 19.4 Å². The Bertz CT molecular complexity index is 302. The van der Waals surface area contributed by atoms with E-state index in [4.69, 9.17) is 0 Å². The summed E-state index contributed by atoms with van der Waals surface area (Å²) in [5, 5.41) is 13.1. The summed E-state index contributed by atoms with van der Waals surface area (Å²) in [7, 11) is 0. The van der Waals surface area contributed by atoms with Crippen LogP contribution in [0, 0.1) is 5.41 Å². The SMILES string of the molecule is CC(C)(C)CC(O)CNCCc1ccccc1. The van der Waals surface area contributed by atoms with Gasteiger partial charge in [0.25, 0.3) is 0 Å². The summed E-state index contributed by atoms with van der Waals surface area (Å²) in [5.41, 5.74) is 1.53. The predicted molar refractivity (Wildman–Crippen MR) is 73.1 cm³/mol. The molecular weight excluding hydrogens is 210 g/mol. The van der Waals surface area contributed by atoms with Crippen LogP contribution in [0.5, 0.6) is 0 Å². The van der Waals surface area contributed by atoms with Crippen molar-refractivity contribution in [1.82, 2.24) is 5.32 Å². The molecule has 0 fully saturated rings. The van der Waals surface area contributed by atoms with Gasteiger partial charge < -0.3 is 10.4 Å². The molecule has 1 atom stereocenters. The van der Waals surface area contributed by atoms with Gasteiger partial charge in [0, 0.05) is 6.54 Å². The zero-order valence-corrected chi connectivity index (χ0v) is 11.2. The molecule has 0 radical (unpaired) electrons. The molecule has 2 nitrogen and oxygen atoms in total. The number of hydrogen-bond donors (Lipinski definition) is 2. The van der Waals surface area contributed by atoms with Gasteiger partial charge in [0.05, 0.1) is 6.10 Å². The first-order chi connectivity index (χ1) is 7.97. The maximum Gasteiger partial charge on any atom is 0.0669 e. The van der Waals surface area contributed by atoms with Crippen LogP contribution in [0.25, 0.3) is 0 Å². The smallest absolute Gasteiger partial charge is 0.0669 e. The van der Waals surface area contributed by atoms with E-state index >= 15 is 0 Å². The van der Waals surface area contributed by atoms with E-state index < -0.39 is 0 Å². The van der Waals surface area contributed by atoms with E-state index in [-0.39, 0.29) is 11.5 Å². The van der Waals surface area contributed by atoms with Crippen molar-refractivity contribution in [1.29, 1.82) is 0 Å². The summed E-state index contributed by atoms with van der Waals surface area (Å²) in [6.45, 7) is 8.07. The molecular formula is C15H25NO. The van der Waals surface area contributed by atoms with Crippen molar-refractivity contribution in [3.05, 3.63) is 35.9 Å². The van der Waals surface area contributed by atoms with Gasteiger partial charge >= 0.3 is 0 Å². The van der Waals surface area contributed by atoms with Crippen LogP contribution >= 0.6 is 0 Å². The number of aliphatic hydroxyl groups excluding tert-OH is 1. The Morgan fingerprint density at radius 3 is 2.41 bits per heavy atom. The molecule has 0 bridgehead atoms. The molecule has 1 aromatic rings. The number of aliphatic hydroxyl groups is 1. The van der Waals surface area contributed by atoms with Crippen LogP contribution in [0.15, 0.2) is 30.3 Å². The molecule has 0 aromatic heterocycles. The lowest BCUT2D eigenvalue weighted by Gasteiger charge is -2.22. The molecule has 0 heterocycles. The largest absolute Gasteiger partial charge is 0.392 e. The third kappa shape index (κ3) is 7.14. The fraction of sp³-hybridized carbons (Fsp3) is 0.600. The Labute approximate surface area is 105 Å². The third-order valence-electron chi connectivity index (χ3n) is 2.66. The van der Waals surface area contributed by atoms with Gasteiger partial charge in [0.1, 0.15) is 0 Å². The Hall–Kier alpha value is -0.860. The molecule has 0 spiro atoms. The average Bonchev–Trinajstić information content (AvgIpc) is 2.23. The molecule has 0 saturated carbocycles. The fourth-order valence-electron chi connectivity index (χ4n) is 1.93. The Balaban J connectivity index is 2.12. The molecule has 2 heteroatoms. The first kappa shape index (κ1) is 14.2. The molecule has 0 aliphatic heterocycles. The van der Waals surface area contributed by atoms with Gasteiger partial charge in [-0.15, -0.1) is 0 Å². The summed E-state index contributed by atoms with van der Waals surface area (Å²) in [6, 6.07) is 10.4. The molecule has 17 heavy (non-hydrogen) atoms.